The molecule has 0 aliphatic carbocycles. The molecule has 0 fully saturated rings. The van der Waals surface area contributed by atoms with Crippen molar-refractivity contribution < 1.29 is 22.8 Å². The average molecular weight is 410 g/mol. The van der Waals surface area contributed by atoms with Crippen LogP contribution >= 0.6 is 11.3 Å². The second kappa shape index (κ2) is 9.34. The largest absolute Gasteiger partial charge is 0.418 e. The number of benzene rings is 1. The summed E-state index contributed by atoms with van der Waals surface area (Å²) >= 11 is 1.20. The first-order valence-electron chi connectivity index (χ1n) is 8.20. The Morgan fingerprint density at radius 3 is 2.39 bits per heavy atom. The number of carbonyl (C=O) groups excluding carboxylic acids is 2. The van der Waals surface area contributed by atoms with Gasteiger partial charge in [0.25, 0.3) is 0 Å². The van der Waals surface area contributed by atoms with Crippen molar-refractivity contribution in [1.29, 1.82) is 5.26 Å². The highest BCUT2D eigenvalue weighted by atomic mass is 32.1. The number of nitrogens with zero attached hydrogens (tertiary/aromatic N) is 2. The van der Waals surface area contributed by atoms with Gasteiger partial charge in [-0.1, -0.05) is 19.1 Å². The SMILES string of the molecule is CCN(CC(=O)Nc1ccccc1C(F)(F)F)CC(=O)Nc1sccc1C#N. The average Bonchev–Trinajstić information content (AvgIpc) is 3.07. The smallest absolute Gasteiger partial charge is 0.324 e. The number of carbonyl (C=O) groups is 2. The molecule has 0 spiro atoms. The number of halogens is 3. The lowest BCUT2D eigenvalue weighted by Gasteiger charge is -2.20. The highest BCUT2D eigenvalue weighted by molar-refractivity contribution is 7.14. The Balaban J connectivity index is 1.97. The van der Waals surface area contributed by atoms with Gasteiger partial charge in [0.1, 0.15) is 11.1 Å². The molecule has 0 atom stereocenters. The van der Waals surface area contributed by atoms with Gasteiger partial charge in [0, 0.05) is 0 Å². The first kappa shape index (κ1) is 21.4. The van der Waals surface area contributed by atoms with E-state index in [9.17, 15) is 22.8 Å². The van der Waals surface area contributed by atoms with Crippen LogP contribution in [0.1, 0.15) is 18.1 Å². The summed E-state index contributed by atoms with van der Waals surface area (Å²) in [4.78, 5) is 25.8. The normalized spacial score (nSPS) is 11.1. The zero-order valence-corrected chi connectivity index (χ0v) is 15.7. The molecule has 0 unspecified atom stereocenters. The molecule has 0 aliphatic heterocycles. The van der Waals surface area contributed by atoms with E-state index in [2.05, 4.69) is 10.6 Å². The predicted molar refractivity (Wildman–Crippen MR) is 99.9 cm³/mol. The predicted octanol–water partition coefficient (Wildman–Crippen LogP) is 3.54. The van der Waals surface area contributed by atoms with Crippen LogP contribution in [0.3, 0.4) is 0 Å². The summed E-state index contributed by atoms with van der Waals surface area (Å²) in [5, 5.41) is 15.9. The van der Waals surface area contributed by atoms with Crippen molar-refractivity contribution in [2.45, 2.75) is 13.1 Å². The molecule has 1 aromatic heterocycles. The molecule has 1 heterocycles. The monoisotopic (exact) mass is 410 g/mol. The molecule has 0 bridgehead atoms. The van der Waals surface area contributed by atoms with Crippen LogP contribution in [0.15, 0.2) is 35.7 Å². The van der Waals surface area contributed by atoms with Crippen LogP contribution in [0.4, 0.5) is 23.9 Å². The molecule has 148 valence electrons. The molecular formula is C18H17F3N4O2S. The number of amides is 2. The van der Waals surface area contributed by atoms with E-state index < -0.39 is 23.6 Å². The Labute approximate surface area is 163 Å². The van der Waals surface area contributed by atoms with Gasteiger partial charge in [0.2, 0.25) is 11.8 Å². The maximum absolute atomic E-state index is 13.0. The second-order valence-electron chi connectivity index (χ2n) is 5.72. The molecular weight excluding hydrogens is 393 g/mol. The third kappa shape index (κ3) is 5.80. The van der Waals surface area contributed by atoms with Gasteiger partial charge >= 0.3 is 6.18 Å². The van der Waals surface area contributed by atoms with Crippen LogP contribution in [0.2, 0.25) is 0 Å². The Morgan fingerprint density at radius 2 is 1.79 bits per heavy atom. The van der Waals surface area contributed by atoms with Crippen LogP contribution in [0, 0.1) is 11.3 Å². The fourth-order valence-electron chi connectivity index (χ4n) is 2.38. The molecule has 0 saturated heterocycles. The number of nitriles is 1. The van der Waals surface area contributed by atoms with E-state index >= 15 is 0 Å². The molecule has 1 aromatic carbocycles. The summed E-state index contributed by atoms with van der Waals surface area (Å²) in [6.45, 7) is 1.65. The van der Waals surface area contributed by atoms with Crippen molar-refractivity contribution in [2.24, 2.45) is 0 Å². The van der Waals surface area contributed by atoms with E-state index in [-0.39, 0.29) is 18.8 Å². The van der Waals surface area contributed by atoms with Gasteiger partial charge in [-0.2, -0.15) is 18.4 Å². The van der Waals surface area contributed by atoms with E-state index in [1.54, 1.807) is 18.4 Å². The summed E-state index contributed by atoms with van der Waals surface area (Å²) < 4.78 is 39.0. The fraction of sp³-hybridized carbons (Fsp3) is 0.278. The van der Waals surface area contributed by atoms with Gasteiger partial charge in [-0.05, 0) is 30.1 Å². The zero-order chi connectivity index (χ0) is 20.7. The maximum Gasteiger partial charge on any atom is 0.418 e. The number of likely N-dealkylation sites (N-methyl/N-ethyl adjacent to an activating group) is 1. The summed E-state index contributed by atoms with van der Waals surface area (Å²) in [6, 6.07) is 8.21. The van der Waals surface area contributed by atoms with Crippen molar-refractivity contribution in [1.82, 2.24) is 4.90 Å². The number of alkyl halides is 3. The quantitative estimate of drug-likeness (QED) is 0.731. The number of anilines is 2. The highest BCUT2D eigenvalue weighted by Crippen LogP contribution is 2.34. The van der Waals surface area contributed by atoms with Crippen molar-refractivity contribution in [3.63, 3.8) is 0 Å². The van der Waals surface area contributed by atoms with E-state index in [0.29, 0.717) is 17.1 Å². The Bertz CT molecular complexity index is 889. The molecule has 2 amide bonds. The Morgan fingerprint density at radius 1 is 1.14 bits per heavy atom. The van der Waals surface area contributed by atoms with Crippen molar-refractivity contribution in [3.8, 4) is 6.07 Å². The maximum atomic E-state index is 13.0. The Hall–Kier alpha value is -2.90. The topological polar surface area (TPSA) is 85.2 Å². The minimum atomic E-state index is -4.59. The molecule has 0 radical (unpaired) electrons. The molecule has 28 heavy (non-hydrogen) atoms. The molecule has 2 rings (SSSR count). The zero-order valence-electron chi connectivity index (χ0n) is 14.8. The first-order valence-corrected chi connectivity index (χ1v) is 9.08. The Kier molecular flexibility index (Phi) is 7.14. The van der Waals surface area contributed by atoms with Gasteiger partial charge < -0.3 is 10.6 Å². The minimum Gasteiger partial charge on any atom is -0.324 e. The molecule has 0 aliphatic rings. The van der Waals surface area contributed by atoms with Gasteiger partial charge in [-0.3, -0.25) is 14.5 Å². The van der Waals surface area contributed by atoms with Crippen LogP contribution < -0.4 is 10.6 Å². The number of thiophene rings is 1. The third-order valence-electron chi connectivity index (χ3n) is 3.73. The summed E-state index contributed by atoms with van der Waals surface area (Å²) in [7, 11) is 0. The third-order valence-corrected chi connectivity index (χ3v) is 4.56. The van der Waals surface area contributed by atoms with Crippen LogP contribution in [-0.4, -0.2) is 36.3 Å². The lowest BCUT2D eigenvalue weighted by molar-refractivity contribution is -0.137. The standard InChI is InChI=1S/C18H17F3N4O2S/c1-2-25(11-16(27)24-17-12(9-22)7-8-28-17)10-15(26)23-14-6-4-3-5-13(14)18(19,20)21/h3-8H,2,10-11H2,1H3,(H,23,26)(H,24,27). The van der Waals surface area contributed by atoms with Crippen molar-refractivity contribution in [2.75, 3.05) is 30.3 Å². The van der Waals surface area contributed by atoms with E-state index in [1.165, 1.54) is 34.4 Å². The van der Waals surface area contributed by atoms with E-state index in [0.717, 1.165) is 6.07 Å². The number of hydrogen-bond donors (Lipinski definition) is 2. The fourth-order valence-corrected chi connectivity index (χ4v) is 3.13. The van der Waals surface area contributed by atoms with Gasteiger partial charge in [0.05, 0.1) is 29.9 Å². The summed E-state index contributed by atoms with van der Waals surface area (Å²) in [6.07, 6.45) is -4.59. The van der Waals surface area contributed by atoms with Crippen LogP contribution in [0.25, 0.3) is 0 Å². The molecule has 10 heteroatoms. The van der Waals surface area contributed by atoms with E-state index in [1.807, 2.05) is 6.07 Å². The highest BCUT2D eigenvalue weighted by Gasteiger charge is 2.33. The first-order chi connectivity index (χ1) is 13.2. The van der Waals surface area contributed by atoms with Crippen LogP contribution in [0.5, 0.6) is 0 Å². The minimum absolute atomic E-state index is 0.145. The summed E-state index contributed by atoms with van der Waals surface area (Å²) in [5.41, 5.74) is -0.938. The van der Waals surface area contributed by atoms with Gasteiger partial charge in [-0.25, -0.2) is 0 Å². The van der Waals surface area contributed by atoms with Gasteiger partial charge in [-0.15, -0.1) is 11.3 Å². The molecule has 0 saturated carbocycles. The van der Waals surface area contributed by atoms with Crippen molar-refractivity contribution >= 4 is 33.8 Å². The lowest BCUT2D eigenvalue weighted by Crippen LogP contribution is -2.38. The van der Waals surface area contributed by atoms with Crippen molar-refractivity contribution in [3.05, 3.63) is 46.8 Å². The second-order valence-corrected chi connectivity index (χ2v) is 6.63. The van der Waals surface area contributed by atoms with Crippen LogP contribution in [-0.2, 0) is 15.8 Å². The van der Waals surface area contributed by atoms with E-state index in [4.69, 9.17) is 5.26 Å². The number of nitrogens with one attached hydrogen (secondary N) is 2. The molecule has 6 nitrogen and oxygen atoms in total. The molecule has 2 aromatic rings. The van der Waals surface area contributed by atoms with Gasteiger partial charge in [0.15, 0.2) is 0 Å². The number of hydrogen-bond acceptors (Lipinski definition) is 5. The lowest BCUT2D eigenvalue weighted by atomic mass is 10.1. The number of para-hydroxylation sites is 1. The summed E-state index contributed by atoms with van der Waals surface area (Å²) in [5.74, 6) is -1.09. The number of rotatable bonds is 7. The molecule has 2 N–H and O–H groups in total.